The van der Waals surface area contributed by atoms with Crippen LogP contribution in [0.2, 0.25) is 0 Å². The molecule has 0 radical (unpaired) electrons. The van der Waals surface area contributed by atoms with Crippen LogP contribution in [0.25, 0.3) is 11.3 Å². The van der Waals surface area contributed by atoms with Gasteiger partial charge in [0.1, 0.15) is 0 Å². The van der Waals surface area contributed by atoms with Crippen LogP contribution in [0, 0.1) is 6.92 Å². The molecule has 2 heterocycles. The molecule has 0 bridgehead atoms. The quantitative estimate of drug-likeness (QED) is 0.939. The number of carbonyl (C=O) groups excluding carboxylic acids is 1. The first-order valence-electron chi connectivity index (χ1n) is 6.82. The second kappa shape index (κ2) is 5.98. The molecule has 0 aromatic carbocycles. The Morgan fingerprint density at radius 1 is 1.35 bits per heavy atom. The van der Waals surface area contributed by atoms with Crippen molar-refractivity contribution < 1.29 is 18.0 Å². The van der Waals surface area contributed by atoms with E-state index in [1.807, 2.05) is 0 Å². The van der Waals surface area contributed by atoms with Crippen LogP contribution in [0.15, 0.2) is 12.3 Å². The Bertz CT molecular complexity index is 738. The van der Waals surface area contributed by atoms with Crippen LogP contribution >= 0.6 is 0 Å². The predicted octanol–water partition coefficient (Wildman–Crippen LogP) is 2.40. The van der Waals surface area contributed by atoms with Gasteiger partial charge in [-0.05, 0) is 25.5 Å². The first-order valence-corrected chi connectivity index (χ1v) is 6.82. The Morgan fingerprint density at radius 2 is 2.00 bits per heavy atom. The van der Waals surface area contributed by atoms with Crippen LogP contribution in [0.5, 0.6) is 0 Å². The van der Waals surface area contributed by atoms with Gasteiger partial charge in [0, 0.05) is 20.2 Å². The summed E-state index contributed by atoms with van der Waals surface area (Å²) in [5, 5.41) is 14.0. The van der Waals surface area contributed by atoms with Crippen molar-refractivity contribution in [3.05, 3.63) is 29.2 Å². The molecule has 0 aliphatic rings. The molecule has 0 saturated carbocycles. The molecule has 1 atom stereocenters. The number of hydrogen-bond acceptors (Lipinski definition) is 4. The van der Waals surface area contributed by atoms with E-state index in [4.69, 9.17) is 0 Å². The number of alkyl halides is 3. The fraction of sp³-hybridized carbons (Fsp3) is 0.429. The normalized spacial score (nSPS) is 13.0. The fourth-order valence-corrected chi connectivity index (χ4v) is 2.23. The highest BCUT2D eigenvalue weighted by Crippen LogP contribution is 2.36. The van der Waals surface area contributed by atoms with Crippen molar-refractivity contribution in [3.8, 4) is 11.3 Å². The van der Waals surface area contributed by atoms with Gasteiger partial charge in [-0.3, -0.25) is 9.48 Å². The van der Waals surface area contributed by atoms with E-state index in [1.54, 1.807) is 19.9 Å². The van der Waals surface area contributed by atoms with Gasteiger partial charge in [-0.15, -0.1) is 5.10 Å². The minimum absolute atomic E-state index is 0.115. The standard InChI is InChI=1S/C14H16F3N5O/c1-7-5-11(8(2)18-9(3)23)19-20-12(7)10-6-22(4)21-13(10)14(15,16)17/h5-6,8H,1-4H3,(H,18,23). The van der Waals surface area contributed by atoms with Gasteiger partial charge in [0.25, 0.3) is 0 Å². The van der Waals surface area contributed by atoms with Crippen molar-refractivity contribution >= 4 is 5.91 Å². The molecule has 9 heteroatoms. The van der Waals surface area contributed by atoms with Crippen molar-refractivity contribution in [2.24, 2.45) is 7.05 Å². The Labute approximate surface area is 130 Å². The summed E-state index contributed by atoms with van der Waals surface area (Å²) in [6, 6.07) is 1.22. The summed E-state index contributed by atoms with van der Waals surface area (Å²) in [7, 11) is 1.41. The highest BCUT2D eigenvalue weighted by molar-refractivity contribution is 5.73. The maximum atomic E-state index is 13.1. The maximum absolute atomic E-state index is 13.1. The number of nitrogens with one attached hydrogen (secondary N) is 1. The molecule has 1 amide bonds. The van der Waals surface area contributed by atoms with E-state index in [9.17, 15) is 18.0 Å². The molecule has 0 aliphatic carbocycles. The molecule has 0 saturated heterocycles. The Kier molecular flexibility index (Phi) is 4.39. The van der Waals surface area contributed by atoms with Gasteiger partial charge in [-0.2, -0.15) is 23.4 Å². The molecule has 6 nitrogen and oxygen atoms in total. The van der Waals surface area contributed by atoms with Gasteiger partial charge in [-0.25, -0.2) is 0 Å². The van der Waals surface area contributed by atoms with Crippen LogP contribution in [0.1, 0.15) is 36.8 Å². The number of nitrogens with zero attached hydrogens (tertiary/aromatic N) is 4. The Hall–Kier alpha value is -2.45. The van der Waals surface area contributed by atoms with E-state index in [1.165, 1.54) is 20.2 Å². The predicted molar refractivity (Wildman–Crippen MR) is 76.2 cm³/mol. The number of halogens is 3. The Balaban J connectivity index is 2.45. The zero-order chi connectivity index (χ0) is 17.4. The monoisotopic (exact) mass is 327 g/mol. The second-order valence-corrected chi connectivity index (χ2v) is 5.29. The van der Waals surface area contributed by atoms with Crippen LogP contribution in [-0.4, -0.2) is 25.9 Å². The summed E-state index contributed by atoms with van der Waals surface area (Å²) in [5.41, 5.74) is -0.0161. The summed E-state index contributed by atoms with van der Waals surface area (Å²) in [5.74, 6) is -0.229. The molecule has 0 aliphatic heterocycles. The minimum Gasteiger partial charge on any atom is -0.348 e. The number of amides is 1. The lowest BCUT2D eigenvalue weighted by atomic mass is 10.1. The van der Waals surface area contributed by atoms with Crippen LogP contribution < -0.4 is 5.32 Å². The molecule has 2 rings (SSSR count). The average Bonchev–Trinajstić information content (AvgIpc) is 2.79. The lowest BCUT2D eigenvalue weighted by Gasteiger charge is -2.13. The molecule has 1 unspecified atom stereocenters. The highest BCUT2D eigenvalue weighted by Gasteiger charge is 2.38. The van der Waals surface area contributed by atoms with Gasteiger partial charge in [0.05, 0.1) is 23.0 Å². The molecule has 0 fully saturated rings. The van der Waals surface area contributed by atoms with Gasteiger partial charge in [-0.1, -0.05) is 0 Å². The fourth-order valence-electron chi connectivity index (χ4n) is 2.23. The molecule has 2 aromatic heterocycles. The van der Waals surface area contributed by atoms with Crippen LogP contribution in [0.3, 0.4) is 0 Å². The lowest BCUT2D eigenvalue weighted by molar-refractivity contribution is -0.141. The van der Waals surface area contributed by atoms with Crippen molar-refractivity contribution in [1.29, 1.82) is 0 Å². The van der Waals surface area contributed by atoms with E-state index < -0.39 is 11.9 Å². The van der Waals surface area contributed by atoms with Gasteiger partial charge in [0.2, 0.25) is 5.91 Å². The topological polar surface area (TPSA) is 72.7 Å². The maximum Gasteiger partial charge on any atom is 0.435 e. The first kappa shape index (κ1) is 16.9. The zero-order valence-electron chi connectivity index (χ0n) is 13.1. The van der Waals surface area contributed by atoms with Crippen molar-refractivity contribution in [3.63, 3.8) is 0 Å². The van der Waals surface area contributed by atoms with Crippen molar-refractivity contribution in [2.75, 3.05) is 0 Å². The second-order valence-electron chi connectivity index (χ2n) is 5.29. The van der Waals surface area contributed by atoms with Crippen LogP contribution in [0.4, 0.5) is 13.2 Å². The molecule has 2 aromatic rings. The summed E-state index contributed by atoms with van der Waals surface area (Å²) in [6.07, 6.45) is -3.32. The van der Waals surface area contributed by atoms with E-state index >= 15 is 0 Å². The van der Waals surface area contributed by atoms with E-state index in [0.29, 0.717) is 11.3 Å². The van der Waals surface area contributed by atoms with Gasteiger partial charge in [0.15, 0.2) is 5.69 Å². The molecule has 1 N–H and O–H groups in total. The first-order chi connectivity index (χ1) is 10.6. The number of aryl methyl sites for hydroxylation is 2. The van der Waals surface area contributed by atoms with E-state index in [-0.39, 0.29) is 23.2 Å². The molecular weight excluding hydrogens is 311 g/mol. The molecule has 23 heavy (non-hydrogen) atoms. The minimum atomic E-state index is -4.58. The largest absolute Gasteiger partial charge is 0.435 e. The molecule has 0 spiro atoms. The summed E-state index contributed by atoms with van der Waals surface area (Å²) >= 11 is 0. The third kappa shape index (κ3) is 3.66. The van der Waals surface area contributed by atoms with E-state index in [0.717, 1.165) is 4.68 Å². The SMILES string of the molecule is CC(=O)NC(C)c1cc(C)c(-c2cn(C)nc2C(F)(F)F)nn1. The number of carbonyl (C=O) groups is 1. The third-order valence-electron chi connectivity index (χ3n) is 3.22. The number of hydrogen-bond donors (Lipinski definition) is 1. The van der Waals surface area contributed by atoms with Crippen LogP contribution in [-0.2, 0) is 18.0 Å². The average molecular weight is 327 g/mol. The lowest BCUT2D eigenvalue weighted by Crippen LogP contribution is -2.24. The highest BCUT2D eigenvalue weighted by atomic mass is 19.4. The molecular formula is C14H16F3N5O. The number of aromatic nitrogens is 4. The number of rotatable bonds is 3. The zero-order valence-corrected chi connectivity index (χ0v) is 13.1. The third-order valence-corrected chi connectivity index (χ3v) is 3.22. The van der Waals surface area contributed by atoms with Gasteiger partial charge < -0.3 is 5.32 Å². The summed E-state index contributed by atoms with van der Waals surface area (Å²) in [4.78, 5) is 11.1. The van der Waals surface area contributed by atoms with E-state index in [2.05, 4.69) is 20.6 Å². The molecule has 124 valence electrons. The summed E-state index contributed by atoms with van der Waals surface area (Å²) in [6.45, 7) is 4.73. The smallest absolute Gasteiger partial charge is 0.348 e. The van der Waals surface area contributed by atoms with Crippen molar-refractivity contribution in [1.82, 2.24) is 25.3 Å². The van der Waals surface area contributed by atoms with Gasteiger partial charge >= 0.3 is 6.18 Å². The summed E-state index contributed by atoms with van der Waals surface area (Å²) < 4.78 is 40.3. The Morgan fingerprint density at radius 3 is 2.52 bits per heavy atom. The van der Waals surface area contributed by atoms with Crippen molar-refractivity contribution in [2.45, 2.75) is 33.0 Å².